The van der Waals surface area contributed by atoms with Gasteiger partial charge in [0.05, 0.1) is 0 Å². The van der Waals surface area contributed by atoms with Gasteiger partial charge in [-0.3, -0.25) is 4.68 Å². The van der Waals surface area contributed by atoms with Gasteiger partial charge in [0, 0.05) is 12.2 Å². The van der Waals surface area contributed by atoms with Crippen molar-refractivity contribution in [1.29, 1.82) is 0 Å². The number of hydrogen-bond donors (Lipinski definition) is 1. The molecule has 0 atom stereocenters. The standard InChI is InChI=1S/C11H20N2S/c1-4-5-10-8-11(14)13(12-10)7-6-9(2)3/h8-9,12H,4-7H2,1-3H3. The zero-order valence-electron chi connectivity index (χ0n) is 9.34. The molecule has 0 radical (unpaired) electrons. The Morgan fingerprint density at radius 3 is 2.79 bits per heavy atom. The molecule has 0 saturated heterocycles. The Hall–Kier alpha value is -0.570. The van der Waals surface area contributed by atoms with Crippen molar-refractivity contribution in [1.82, 2.24) is 9.78 Å². The van der Waals surface area contributed by atoms with Gasteiger partial charge < -0.3 is 5.10 Å². The van der Waals surface area contributed by atoms with Crippen LogP contribution < -0.4 is 0 Å². The Morgan fingerprint density at radius 2 is 2.21 bits per heavy atom. The molecule has 0 aliphatic carbocycles. The van der Waals surface area contributed by atoms with Crippen LogP contribution in [-0.4, -0.2) is 9.78 Å². The molecule has 1 aromatic rings. The van der Waals surface area contributed by atoms with Crippen molar-refractivity contribution in [2.75, 3.05) is 0 Å². The number of nitrogens with zero attached hydrogens (tertiary/aromatic N) is 1. The summed E-state index contributed by atoms with van der Waals surface area (Å²) < 4.78 is 3.02. The number of aromatic nitrogens is 2. The molecule has 0 fully saturated rings. The van der Waals surface area contributed by atoms with Crippen molar-refractivity contribution in [3.63, 3.8) is 0 Å². The highest BCUT2D eigenvalue weighted by Gasteiger charge is 2.00. The molecule has 1 heterocycles. The van der Waals surface area contributed by atoms with Crippen LogP contribution in [0.5, 0.6) is 0 Å². The second kappa shape index (κ2) is 5.35. The Kier molecular flexibility index (Phi) is 4.39. The molecule has 0 aliphatic rings. The van der Waals surface area contributed by atoms with Gasteiger partial charge in [0.15, 0.2) is 0 Å². The van der Waals surface area contributed by atoms with E-state index in [-0.39, 0.29) is 0 Å². The van der Waals surface area contributed by atoms with Gasteiger partial charge in [0.2, 0.25) is 0 Å². The Labute approximate surface area is 91.3 Å². The summed E-state index contributed by atoms with van der Waals surface area (Å²) in [6.07, 6.45) is 3.44. The molecule has 0 saturated carbocycles. The average molecular weight is 212 g/mol. The lowest BCUT2D eigenvalue weighted by Crippen LogP contribution is -2.03. The fraction of sp³-hybridized carbons (Fsp3) is 0.727. The minimum Gasteiger partial charge on any atom is -0.302 e. The molecule has 2 nitrogen and oxygen atoms in total. The molecule has 0 aromatic carbocycles. The molecule has 3 heteroatoms. The summed E-state index contributed by atoms with van der Waals surface area (Å²) in [4.78, 5) is 0. The van der Waals surface area contributed by atoms with E-state index in [9.17, 15) is 0 Å². The summed E-state index contributed by atoms with van der Waals surface area (Å²) in [5, 5.41) is 3.35. The average Bonchev–Trinajstić information content (AvgIpc) is 2.44. The van der Waals surface area contributed by atoms with E-state index in [1.165, 1.54) is 18.5 Å². The predicted molar refractivity (Wildman–Crippen MR) is 63.1 cm³/mol. The van der Waals surface area contributed by atoms with Gasteiger partial charge in [0.25, 0.3) is 0 Å². The summed E-state index contributed by atoms with van der Waals surface area (Å²) in [5.41, 5.74) is 1.27. The van der Waals surface area contributed by atoms with Crippen molar-refractivity contribution in [2.45, 2.75) is 46.6 Å². The van der Waals surface area contributed by atoms with Gasteiger partial charge in [0.1, 0.15) is 4.64 Å². The summed E-state index contributed by atoms with van der Waals surface area (Å²) in [5.74, 6) is 0.731. The van der Waals surface area contributed by atoms with E-state index in [0.29, 0.717) is 0 Å². The minimum atomic E-state index is 0.731. The van der Waals surface area contributed by atoms with Crippen LogP contribution in [0, 0.1) is 10.6 Å². The van der Waals surface area contributed by atoms with Crippen LogP contribution in [0.25, 0.3) is 0 Å². The second-order valence-electron chi connectivity index (χ2n) is 4.20. The molecule has 1 rings (SSSR count). The molecular weight excluding hydrogens is 192 g/mol. The van der Waals surface area contributed by atoms with Gasteiger partial charge in [-0.25, -0.2) is 0 Å². The van der Waals surface area contributed by atoms with Crippen molar-refractivity contribution in [3.8, 4) is 0 Å². The smallest absolute Gasteiger partial charge is 0.122 e. The van der Waals surface area contributed by atoms with Crippen molar-refractivity contribution in [2.24, 2.45) is 5.92 Å². The number of rotatable bonds is 5. The SMILES string of the molecule is CCCc1cc(=S)n(CCC(C)C)[nH]1. The van der Waals surface area contributed by atoms with E-state index in [1.807, 2.05) is 0 Å². The second-order valence-corrected chi connectivity index (χ2v) is 4.62. The fourth-order valence-corrected chi connectivity index (χ4v) is 1.72. The Bertz CT molecular complexity index is 322. The van der Waals surface area contributed by atoms with Crippen molar-refractivity contribution >= 4 is 12.2 Å². The highest BCUT2D eigenvalue weighted by atomic mass is 32.1. The molecule has 0 bridgehead atoms. The third-order valence-electron chi connectivity index (χ3n) is 2.29. The first-order valence-corrected chi connectivity index (χ1v) is 5.83. The van der Waals surface area contributed by atoms with Gasteiger partial charge in [-0.15, -0.1) is 0 Å². The predicted octanol–water partition coefficient (Wildman–Crippen LogP) is 3.54. The number of hydrogen-bond acceptors (Lipinski definition) is 1. The summed E-state index contributed by atoms with van der Waals surface area (Å²) in [6.45, 7) is 7.67. The lowest BCUT2D eigenvalue weighted by molar-refractivity contribution is 0.481. The highest BCUT2D eigenvalue weighted by Crippen LogP contribution is 2.06. The van der Waals surface area contributed by atoms with Crippen LogP contribution >= 0.6 is 12.2 Å². The van der Waals surface area contributed by atoms with Gasteiger partial charge in [-0.05, 0) is 24.8 Å². The lowest BCUT2D eigenvalue weighted by atomic mass is 10.1. The van der Waals surface area contributed by atoms with Crippen LogP contribution in [0.1, 0.15) is 39.3 Å². The monoisotopic (exact) mass is 212 g/mol. The summed E-state index contributed by atoms with van der Waals surface area (Å²) in [7, 11) is 0. The van der Waals surface area contributed by atoms with E-state index in [0.717, 1.165) is 23.5 Å². The Balaban J connectivity index is 2.63. The maximum Gasteiger partial charge on any atom is 0.122 e. The molecule has 1 aromatic heterocycles. The van der Waals surface area contributed by atoms with Crippen LogP contribution in [0.4, 0.5) is 0 Å². The van der Waals surface area contributed by atoms with Crippen molar-refractivity contribution in [3.05, 3.63) is 16.4 Å². The van der Waals surface area contributed by atoms with E-state index in [2.05, 4.69) is 36.6 Å². The van der Waals surface area contributed by atoms with Crippen molar-refractivity contribution < 1.29 is 0 Å². The number of aromatic amines is 1. The van der Waals surface area contributed by atoms with Gasteiger partial charge >= 0.3 is 0 Å². The summed E-state index contributed by atoms with van der Waals surface area (Å²) in [6, 6.07) is 2.08. The zero-order valence-corrected chi connectivity index (χ0v) is 10.2. The largest absolute Gasteiger partial charge is 0.302 e. The molecule has 0 aliphatic heterocycles. The number of aryl methyl sites for hydroxylation is 2. The molecule has 14 heavy (non-hydrogen) atoms. The third kappa shape index (κ3) is 3.29. The fourth-order valence-electron chi connectivity index (χ4n) is 1.44. The number of nitrogens with one attached hydrogen (secondary N) is 1. The van der Waals surface area contributed by atoms with Gasteiger partial charge in [-0.2, -0.15) is 0 Å². The number of H-pyrrole nitrogens is 1. The lowest BCUT2D eigenvalue weighted by Gasteiger charge is -2.05. The Morgan fingerprint density at radius 1 is 1.50 bits per heavy atom. The molecule has 0 spiro atoms. The first-order valence-electron chi connectivity index (χ1n) is 5.42. The molecule has 1 N–H and O–H groups in total. The maximum absolute atomic E-state index is 5.27. The molecule has 0 unspecified atom stereocenters. The van der Waals surface area contributed by atoms with E-state index < -0.39 is 0 Å². The van der Waals surface area contributed by atoms with Gasteiger partial charge in [-0.1, -0.05) is 39.4 Å². The van der Waals surface area contributed by atoms with Crippen LogP contribution in [0.15, 0.2) is 6.07 Å². The third-order valence-corrected chi connectivity index (χ3v) is 2.63. The van der Waals surface area contributed by atoms with E-state index in [1.54, 1.807) is 0 Å². The van der Waals surface area contributed by atoms with Crippen LogP contribution in [0.2, 0.25) is 0 Å². The zero-order chi connectivity index (χ0) is 10.6. The first kappa shape index (κ1) is 11.5. The summed E-state index contributed by atoms with van der Waals surface area (Å²) >= 11 is 5.27. The molecule has 80 valence electrons. The van der Waals surface area contributed by atoms with Crippen LogP contribution in [0.3, 0.4) is 0 Å². The van der Waals surface area contributed by atoms with Crippen LogP contribution in [-0.2, 0) is 13.0 Å². The maximum atomic E-state index is 5.27. The topological polar surface area (TPSA) is 20.7 Å². The quantitative estimate of drug-likeness (QED) is 0.740. The minimum absolute atomic E-state index is 0.731. The van der Waals surface area contributed by atoms with E-state index >= 15 is 0 Å². The first-order chi connectivity index (χ1) is 6.63. The van der Waals surface area contributed by atoms with E-state index in [4.69, 9.17) is 12.2 Å². The molecular formula is C11H20N2S. The highest BCUT2D eigenvalue weighted by molar-refractivity contribution is 7.71. The normalized spacial score (nSPS) is 11.1. The molecule has 0 amide bonds.